The number of likely N-dealkylation sites (N-methyl/N-ethyl adjacent to an activating group) is 2. The van der Waals surface area contributed by atoms with Crippen LogP contribution in [0.15, 0.2) is 18.2 Å². The van der Waals surface area contributed by atoms with Crippen LogP contribution < -0.4 is 4.74 Å². The lowest BCUT2D eigenvalue weighted by molar-refractivity contribution is 0.0179. The van der Waals surface area contributed by atoms with Gasteiger partial charge in [-0.2, -0.15) is 0 Å². The number of phenols is 1. The molecule has 1 aliphatic rings. The van der Waals surface area contributed by atoms with Gasteiger partial charge in [0.25, 0.3) is 0 Å². The zero-order valence-electron chi connectivity index (χ0n) is 13.9. The maximum Gasteiger partial charge on any atom is 0.160 e. The Labute approximate surface area is 128 Å². The van der Waals surface area contributed by atoms with Gasteiger partial charge in [0.05, 0.1) is 7.11 Å². The Balaban J connectivity index is 2.10. The summed E-state index contributed by atoms with van der Waals surface area (Å²) in [6.07, 6.45) is 3.87. The lowest BCUT2D eigenvalue weighted by atomic mass is 9.75. The molecule has 1 aromatic carbocycles. The van der Waals surface area contributed by atoms with Crippen LogP contribution >= 0.6 is 0 Å². The molecule has 0 spiro atoms. The SMILES string of the molecule is COc1cc(C(C)N(C)CC2(N(C)C)CCC2)ccc1O. The van der Waals surface area contributed by atoms with Gasteiger partial charge in [0.1, 0.15) is 0 Å². The minimum atomic E-state index is 0.194. The summed E-state index contributed by atoms with van der Waals surface area (Å²) >= 11 is 0. The first-order valence-electron chi connectivity index (χ1n) is 7.64. The average molecular weight is 292 g/mol. The van der Waals surface area contributed by atoms with Crippen LogP contribution in [0, 0.1) is 0 Å². The van der Waals surface area contributed by atoms with Gasteiger partial charge in [0, 0.05) is 18.1 Å². The molecule has 0 bridgehead atoms. The van der Waals surface area contributed by atoms with Crippen LogP contribution in [-0.4, -0.2) is 55.2 Å². The lowest BCUT2D eigenvalue weighted by Gasteiger charge is -2.50. The Kier molecular flexibility index (Phi) is 4.79. The second kappa shape index (κ2) is 6.24. The van der Waals surface area contributed by atoms with E-state index in [0.29, 0.717) is 11.3 Å². The van der Waals surface area contributed by atoms with E-state index < -0.39 is 0 Å². The number of phenolic OH excluding ortho intramolecular Hbond substituents is 1. The van der Waals surface area contributed by atoms with E-state index in [-0.39, 0.29) is 11.8 Å². The van der Waals surface area contributed by atoms with Crippen LogP contribution in [0.2, 0.25) is 0 Å². The predicted molar refractivity (Wildman–Crippen MR) is 86.0 cm³/mol. The van der Waals surface area contributed by atoms with Gasteiger partial charge < -0.3 is 14.7 Å². The van der Waals surface area contributed by atoms with Gasteiger partial charge in [-0.25, -0.2) is 0 Å². The van der Waals surface area contributed by atoms with Gasteiger partial charge in [-0.15, -0.1) is 0 Å². The van der Waals surface area contributed by atoms with E-state index in [4.69, 9.17) is 4.74 Å². The highest BCUT2D eigenvalue weighted by molar-refractivity contribution is 5.42. The quantitative estimate of drug-likeness (QED) is 0.874. The molecular weight excluding hydrogens is 264 g/mol. The van der Waals surface area contributed by atoms with Crippen molar-refractivity contribution in [1.82, 2.24) is 9.80 Å². The van der Waals surface area contributed by atoms with Crippen LogP contribution in [0.25, 0.3) is 0 Å². The third kappa shape index (κ3) is 3.16. The number of hydrogen-bond donors (Lipinski definition) is 1. The molecule has 1 unspecified atom stereocenters. The number of methoxy groups -OCH3 is 1. The van der Waals surface area contributed by atoms with E-state index >= 15 is 0 Å². The minimum Gasteiger partial charge on any atom is -0.504 e. The zero-order chi connectivity index (χ0) is 15.6. The van der Waals surface area contributed by atoms with Crippen molar-refractivity contribution in [2.45, 2.75) is 37.8 Å². The van der Waals surface area contributed by atoms with Crippen molar-refractivity contribution in [2.24, 2.45) is 0 Å². The first kappa shape index (κ1) is 16.1. The molecule has 0 amide bonds. The van der Waals surface area contributed by atoms with E-state index in [9.17, 15) is 5.11 Å². The molecule has 1 saturated carbocycles. The highest BCUT2D eigenvalue weighted by Crippen LogP contribution is 2.38. The summed E-state index contributed by atoms with van der Waals surface area (Å²) in [7, 11) is 8.12. The standard InChI is InChI=1S/C17H28N2O2/c1-13(14-7-8-15(20)16(11-14)21-5)19(4)12-17(18(2)3)9-6-10-17/h7-8,11,13,20H,6,9-10,12H2,1-5H3. The summed E-state index contributed by atoms with van der Waals surface area (Å²) in [6.45, 7) is 3.26. The molecule has 1 atom stereocenters. The predicted octanol–water partition coefficient (Wildman–Crippen LogP) is 2.88. The summed E-state index contributed by atoms with van der Waals surface area (Å²) in [5.74, 6) is 0.735. The van der Waals surface area contributed by atoms with Crippen molar-refractivity contribution in [3.63, 3.8) is 0 Å². The van der Waals surface area contributed by atoms with Crippen LogP contribution in [0.4, 0.5) is 0 Å². The summed E-state index contributed by atoms with van der Waals surface area (Å²) in [4.78, 5) is 4.77. The molecule has 0 heterocycles. The van der Waals surface area contributed by atoms with Crippen molar-refractivity contribution < 1.29 is 9.84 Å². The summed E-state index contributed by atoms with van der Waals surface area (Å²) in [5, 5.41) is 9.72. The van der Waals surface area contributed by atoms with Crippen LogP contribution in [0.5, 0.6) is 11.5 Å². The van der Waals surface area contributed by atoms with Crippen LogP contribution in [0.3, 0.4) is 0 Å². The maximum atomic E-state index is 9.72. The third-order valence-electron chi connectivity index (χ3n) is 5.12. The maximum absolute atomic E-state index is 9.72. The molecule has 21 heavy (non-hydrogen) atoms. The fourth-order valence-corrected chi connectivity index (χ4v) is 3.14. The molecule has 4 nitrogen and oxygen atoms in total. The van der Waals surface area contributed by atoms with Gasteiger partial charge >= 0.3 is 0 Å². The molecule has 1 N–H and O–H groups in total. The summed E-state index contributed by atoms with van der Waals surface area (Å²) < 4.78 is 5.21. The molecule has 1 aromatic rings. The second-order valence-electron chi connectivity index (χ2n) is 6.49. The van der Waals surface area contributed by atoms with E-state index in [0.717, 1.165) is 6.54 Å². The first-order valence-corrected chi connectivity index (χ1v) is 7.64. The Morgan fingerprint density at radius 2 is 1.95 bits per heavy atom. The molecular formula is C17H28N2O2. The molecule has 0 aliphatic heterocycles. The van der Waals surface area contributed by atoms with Gasteiger partial charge in [0.2, 0.25) is 0 Å². The molecule has 118 valence electrons. The number of ether oxygens (including phenoxy) is 1. The van der Waals surface area contributed by atoms with Crippen LogP contribution in [0.1, 0.15) is 37.8 Å². The Morgan fingerprint density at radius 3 is 2.43 bits per heavy atom. The van der Waals surface area contributed by atoms with Crippen molar-refractivity contribution in [2.75, 3.05) is 34.8 Å². The number of hydrogen-bond acceptors (Lipinski definition) is 4. The summed E-state index contributed by atoms with van der Waals surface area (Å²) in [5.41, 5.74) is 1.49. The molecule has 0 radical (unpaired) electrons. The molecule has 0 aromatic heterocycles. The summed E-state index contributed by atoms with van der Waals surface area (Å²) in [6, 6.07) is 5.91. The van der Waals surface area contributed by atoms with Crippen molar-refractivity contribution in [1.29, 1.82) is 0 Å². The van der Waals surface area contributed by atoms with Gasteiger partial charge in [-0.3, -0.25) is 4.90 Å². The number of aromatic hydroxyl groups is 1. The Morgan fingerprint density at radius 1 is 1.29 bits per heavy atom. The Hall–Kier alpha value is -1.26. The van der Waals surface area contributed by atoms with E-state index in [2.05, 4.69) is 37.9 Å². The highest BCUT2D eigenvalue weighted by atomic mass is 16.5. The number of benzene rings is 1. The van der Waals surface area contributed by atoms with Crippen molar-refractivity contribution in [3.8, 4) is 11.5 Å². The topological polar surface area (TPSA) is 35.9 Å². The Bertz CT molecular complexity index is 484. The molecule has 0 saturated heterocycles. The molecule has 2 rings (SSSR count). The molecule has 1 aliphatic carbocycles. The van der Waals surface area contributed by atoms with Crippen LogP contribution in [-0.2, 0) is 0 Å². The fraction of sp³-hybridized carbons (Fsp3) is 0.647. The normalized spacial score (nSPS) is 18.6. The smallest absolute Gasteiger partial charge is 0.160 e. The monoisotopic (exact) mass is 292 g/mol. The largest absolute Gasteiger partial charge is 0.504 e. The van der Waals surface area contributed by atoms with Gasteiger partial charge in [-0.1, -0.05) is 6.07 Å². The van der Waals surface area contributed by atoms with Gasteiger partial charge in [-0.05, 0) is 65.0 Å². The van der Waals surface area contributed by atoms with E-state index in [1.54, 1.807) is 13.2 Å². The third-order valence-corrected chi connectivity index (χ3v) is 5.12. The van der Waals surface area contributed by atoms with E-state index in [1.165, 1.54) is 24.8 Å². The second-order valence-corrected chi connectivity index (χ2v) is 6.49. The minimum absolute atomic E-state index is 0.194. The van der Waals surface area contributed by atoms with Crippen molar-refractivity contribution >= 4 is 0 Å². The lowest BCUT2D eigenvalue weighted by Crippen LogP contribution is -2.56. The zero-order valence-corrected chi connectivity index (χ0v) is 13.9. The number of nitrogens with zero attached hydrogens (tertiary/aromatic N) is 2. The van der Waals surface area contributed by atoms with E-state index in [1.807, 2.05) is 12.1 Å². The van der Waals surface area contributed by atoms with Crippen molar-refractivity contribution in [3.05, 3.63) is 23.8 Å². The molecule has 1 fully saturated rings. The fourth-order valence-electron chi connectivity index (χ4n) is 3.14. The number of rotatable bonds is 6. The highest BCUT2D eigenvalue weighted by Gasteiger charge is 2.40. The molecule has 4 heteroatoms. The average Bonchev–Trinajstić information content (AvgIpc) is 2.41. The van der Waals surface area contributed by atoms with Gasteiger partial charge in [0.15, 0.2) is 11.5 Å². The first-order chi connectivity index (χ1) is 9.89.